The van der Waals surface area contributed by atoms with Crippen LogP contribution < -0.4 is 9.62 Å². The Hall–Kier alpha value is -2.94. The Morgan fingerprint density at radius 1 is 1.11 bits per heavy atom. The number of hydrogen-bond donors (Lipinski definition) is 1. The monoisotopic (exact) mass is 399 g/mol. The first-order valence-corrected chi connectivity index (χ1v) is 10.8. The van der Waals surface area contributed by atoms with Crippen LogP contribution in [-0.2, 0) is 21.2 Å². The molecule has 4 rings (SSSR count). The van der Waals surface area contributed by atoms with Crippen LogP contribution in [0.25, 0.3) is 5.65 Å². The standard InChI is InChI=1S/C19H21N5O3S/c25-19(7-3-6-18-22-21-17-5-1-2-12-23(17)18)20-15-8-10-16(11-9-15)24-13-4-14-28(24,26)27/h1-2,5,8-12H,3-4,6-7,13-14H2,(H,20,25). The minimum atomic E-state index is -3.19. The van der Waals surface area contributed by atoms with Gasteiger partial charge >= 0.3 is 0 Å². The van der Waals surface area contributed by atoms with Crippen LogP contribution in [0.15, 0.2) is 48.7 Å². The summed E-state index contributed by atoms with van der Waals surface area (Å²) in [5, 5.41) is 11.1. The number of nitrogens with zero attached hydrogens (tertiary/aromatic N) is 4. The summed E-state index contributed by atoms with van der Waals surface area (Å²) in [5.41, 5.74) is 2.08. The lowest BCUT2D eigenvalue weighted by molar-refractivity contribution is -0.116. The molecule has 8 nitrogen and oxygen atoms in total. The molecule has 0 radical (unpaired) electrons. The van der Waals surface area contributed by atoms with Gasteiger partial charge in [0, 0.05) is 31.3 Å². The Kier molecular flexibility index (Phi) is 4.99. The van der Waals surface area contributed by atoms with Gasteiger partial charge in [-0.2, -0.15) is 0 Å². The Morgan fingerprint density at radius 2 is 1.93 bits per heavy atom. The normalized spacial score (nSPS) is 15.8. The molecule has 0 aliphatic carbocycles. The van der Waals surface area contributed by atoms with E-state index in [0.717, 1.165) is 11.5 Å². The van der Waals surface area contributed by atoms with Gasteiger partial charge in [0.1, 0.15) is 5.82 Å². The number of anilines is 2. The lowest BCUT2D eigenvalue weighted by atomic mass is 10.2. The molecule has 0 spiro atoms. The summed E-state index contributed by atoms with van der Waals surface area (Å²) in [6.07, 6.45) is 4.23. The molecule has 1 aromatic carbocycles. The van der Waals surface area contributed by atoms with Gasteiger partial charge in [0.25, 0.3) is 0 Å². The topological polar surface area (TPSA) is 96.7 Å². The van der Waals surface area contributed by atoms with Crippen molar-refractivity contribution in [1.29, 1.82) is 0 Å². The molecule has 0 atom stereocenters. The van der Waals surface area contributed by atoms with Gasteiger partial charge in [-0.1, -0.05) is 6.07 Å². The number of sulfonamides is 1. The van der Waals surface area contributed by atoms with Crippen LogP contribution in [0.2, 0.25) is 0 Å². The first-order valence-electron chi connectivity index (χ1n) is 9.22. The molecule has 1 aliphatic rings. The van der Waals surface area contributed by atoms with E-state index in [0.29, 0.717) is 43.6 Å². The number of aromatic nitrogens is 3. The average molecular weight is 399 g/mol. The molecule has 0 unspecified atom stereocenters. The van der Waals surface area contributed by atoms with Gasteiger partial charge in [-0.25, -0.2) is 8.42 Å². The van der Waals surface area contributed by atoms with Crippen molar-refractivity contribution in [3.8, 4) is 0 Å². The van der Waals surface area contributed by atoms with Crippen LogP contribution in [-0.4, -0.2) is 41.2 Å². The summed E-state index contributed by atoms with van der Waals surface area (Å²) in [5.74, 6) is 0.933. The van der Waals surface area contributed by atoms with Crippen molar-refractivity contribution in [2.24, 2.45) is 0 Å². The first kappa shape index (κ1) is 18.4. The molecule has 1 N–H and O–H groups in total. The van der Waals surface area contributed by atoms with E-state index in [4.69, 9.17) is 0 Å². The number of hydrogen-bond acceptors (Lipinski definition) is 5. The number of nitrogens with one attached hydrogen (secondary N) is 1. The largest absolute Gasteiger partial charge is 0.326 e. The lowest BCUT2D eigenvalue weighted by Gasteiger charge is -2.17. The number of carbonyl (C=O) groups is 1. The number of fused-ring (bicyclic) bond motifs is 1. The molecule has 9 heteroatoms. The van der Waals surface area contributed by atoms with Crippen molar-refractivity contribution in [1.82, 2.24) is 14.6 Å². The van der Waals surface area contributed by atoms with Crippen LogP contribution in [0.3, 0.4) is 0 Å². The molecule has 146 valence electrons. The molecular formula is C19H21N5O3S. The molecule has 0 saturated carbocycles. The van der Waals surface area contributed by atoms with E-state index >= 15 is 0 Å². The van der Waals surface area contributed by atoms with Crippen molar-refractivity contribution in [2.45, 2.75) is 25.7 Å². The number of benzene rings is 1. The van der Waals surface area contributed by atoms with Gasteiger partial charge in [0.05, 0.1) is 11.4 Å². The van der Waals surface area contributed by atoms with Gasteiger partial charge < -0.3 is 5.32 Å². The number of amides is 1. The van der Waals surface area contributed by atoms with Crippen LogP contribution >= 0.6 is 0 Å². The highest BCUT2D eigenvalue weighted by Crippen LogP contribution is 2.25. The number of rotatable bonds is 6. The zero-order valence-electron chi connectivity index (χ0n) is 15.3. The van der Waals surface area contributed by atoms with E-state index in [2.05, 4.69) is 15.5 Å². The second-order valence-corrected chi connectivity index (χ2v) is 8.75. The summed E-state index contributed by atoms with van der Waals surface area (Å²) in [7, 11) is -3.19. The van der Waals surface area contributed by atoms with Crippen LogP contribution in [0.4, 0.5) is 11.4 Å². The summed E-state index contributed by atoms with van der Waals surface area (Å²) < 4.78 is 27.3. The molecule has 28 heavy (non-hydrogen) atoms. The highest BCUT2D eigenvalue weighted by Gasteiger charge is 2.28. The summed E-state index contributed by atoms with van der Waals surface area (Å²) >= 11 is 0. The zero-order valence-corrected chi connectivity index (χ0v) is 16.1. The Balaban J connectivity index is 1.30. The Morgan fingerprint density at radius 3 is 2.68 bits per heavy atom. The molecule has 3 aromatic rings. The molecule has 3 heterocycles. The molecule has 1 amide bonds. The van der Waals surface area contributed by atoms with Gasteiger partial charge in [0.2, 0.25) is 15.9 Å². The van der Waals surface area contributed by atoms with Crippen LogP contribution in [0, 0.1) is 0 Å². The van der Waals surface area contributed by atoms with Gasteiger partial charge in [-0.3, -0.25) is 13.5 Å². The van der Waals surface area contributed by atoms with Crippen molar-refractivity contribution in [3.63, 3.8) is 0 Å². The van der Waals surface area contributed by atoms with Crippen LogP contribution in [0.5, 0.6) is 0 Å². The maximum atomic E-state index is 12.2. The Labute approximate surface area is 163 Å². The van der Waals surface area contributed by atoms with Crippen molar-refractivity contribution >= 4 is 33.0 Å². The summed E-state index contributed by atoms with van der Waals surface area (Å²) in [6.45, 7) is 0.505. The van der Waals surface area contributed by atoms with E-state index < -0.39 is 10.0 Å². The maximum absolute atomic E-state index is 12.2. The van der Waals surface area contributed by atoms with E-state index in [1.807, 2.05) is 28.8 Å². The van der Waals surface area contributed by atoms with Crippen LogP contribution in [0.1, 0.15) is 25.1 Å². The molecule has 0 bridgehead atoms. The van der Waals surface area contributed by atoms with E-state index in [1.54, 1.807) is 24.3 Å². The lowest BCUT2D eigenvalue weighted by Crippen LogP contribution is -2.24. The molecular weight excluding hydrogens is 378 g/mol. The fraction of sp³-hybridized carbons (Fsp3) is 0.316. The van der Waals surface area contributed by atoms with E-state index in [1.165, 1.54) is 4.31 Å². The molecule has 1 fully saturated rings. The third-order valence-electron chi connectivity index (χ3n) is 4.73. The highest BCUT2D eigenvalue weighted by molar-refractivity contribution is 7.93. The molecule has 1 aliphatic heterocycles. The van der Waals surface area contributed by atoms with Crippen molar-refractivity contribution in [2.75, 3.05) is 21.9 Å². The third kappa shape index (κ3) is 3.84. The average Bonchev–Trinajstić information content (AvgIpc) is 3.25. The highest BCUT2D eigenvalue weighted by atomic mass is 32.2. The minimum absolute atomic E-state index is 0.0876. The predicted molar refractivity (Wildman–Crippen MR) is 107 cm³/mol. The fourth-order valence-corrected chi connectivity index (χ4v) is 4.90. The summed E-state index contributed by atoms with van der Waals surface area (Å²) in [6, 6.07) is 12.6. The minimum Gasteiger partial charge on any atom is -0.326 e. The van der Waals surface area contributed by atoms with Crippen molar-refractivity contribution < 1.29 is 13.2 Å². The number of carbonyl (C=O) groups excluding carboxylic acids is 1. The maximum Gasteiger partial charge on any atom is 0.235 e. The molecule has 1 saturated heterocycles. The quantitative estimate of drug-likeness (QED) is 0.686. The third-order valence-corrected chi connectivity index (χ3v) is 6.60. The number of aryl methyl sites for hydroxylation is 1. The zero-order chi connectivity index (χ0) is 19.6. The second kappa shape index (κ2) is 7.59. The fourth-order valence-electron chi connectivity index (χ4n) is 3.33. The van der Waals surface area contributed by atoms with Gasteiger partial charge in [0.15, 0.2) is 5.65 Å². The van der Waals surface area contributed by atoms with Gasteiger partial charge in [-0.15, -0.1) is 10.2 Å². The molecule has 2 aromatic heterocycles. The smallest absolute Gasteiger partial charge is 0.235 e. The Bertz CT molecular complexity index is 1090. The predicted octanol–water partition coefficient (Wildman–Crippen LogP) is 2.23. The summed E-state index contributed by atoms with van der Waals surface area (Å²) in [4.78, 5) is 12.2. The first-order chi connectivity index (χ1) is 13.5. The van der Waals surface area contributed by atoms with E-state index in [9.17, 15) is 13.2 Å². The van der Waals surface area contributed by atoms with Gasteiger partial charge in [-0.05, 0) is 49.2 Å². The van der Waals surface area contributed by atoms with E-state index in [-0.39, 0.29) is 11.7 Å². The van der Waals surface area contributed by atoms with Crippen molar-refractivity contribution in [3.05, 3.63) is 54.5 Å². The number of pyridine rings is 1. The second-order valence-electron chi connectivity index (χ2n) is 6.74. The SMILES string of the molecule is O=C(CCCc1nnc2ccccn12)Nc1ccc(N2CCCS2(=O)=O)cc1.